The van der Waals surface area contributed by atoms with E-state index in [-0.39, 0.29) is 11.9 Å². The van der Waals surface area contributed by atoms with E-state index in [0.29, 0.717) is 13.0 Å². The maximum atomic E-state index is 12.6. The number of hydrogen-bond acceptors (Lipinski definition) is 3. The lowest BCUT2D eigenvalue weighted by molar-refractivity contribution is -0.121. The van der Waals surface area contributed by atoms with Crippen molar-refractivity contribution in [3.8, 4) is 0 Å². The van der Waals surface area contributed by atoms with E-state index in [9.17, 15) is 4.79 Å². The molecule has 0 bridgehead atoms. The fraction of sp³-hybridized carbons (Fsp3) is 0.286. The molecule has 0 aliphatic rings. The van der Waals surface area contributed by atoms with Crippen molar-refractivity contribution in [1.29, 1.82) is 0 Å². The molecular formula is C21H24N4O. The van der Waals surface area contributed by atoms with Crippen molar-refractivity contribution in [3.05, 3.63) is 83.7 Å². The number of carbonyl (C=O) groups is 1. The Morgan fingerprint density at radius 1 is 1.15 bits per heavy atom. The molecule has 5 nitrogen and oxygen atoms in total. The van der Waals surface area contributed by atoms with Crippen LogP contribution in [0.2, 0.25) is 0 Å². The monoisotopic (exact) mass is 348 g/mol. The molecule has 2 aromatic heterocycles. The van der Waals surface area contributed by atoms with Crippen LogP contribution < -0.4 is 5.32 Å². The average molecular weight is 348 g/mol. The predicted octanol–water partition coefficient (Wildman–Crippen LogP) is 3.44. The Labute approximate surface area is 154 Å². The molecular weight excluding hydrogens is 324 g/mol. The van der Waals surface area contributed by atoms with Crippen molar-refractivity contribution in [3.63, 3.8) is 0 Å². The van der Waals surface area contributed by atoms with Gasteiger partial charge in [-0.15, -0.1) is 0 Å². The van der Waals surface area contributed by atoms with Gasteiger partial charge >= 0.3 is 0 Å². The summed E-state index contributed by atoms with van der Waals surface area (Å²) in [6, 6.07) is 11.9. The molecule has 1 atom stereocenters. The minimum atomic E-state index is -0.203. The van der Waals surface area contributed by atoms with Crippen LogP contribution in [0.4, 0.5) is 0 Å². The van der Waals surface area contributed by atoms with Crippen molar-refractivity contribution in [2.45, 2.75) is 39.3 Å². The first-order chi connectivity index (χ1) is 12.7. The molecule has 3 rings (SSSR count). The Hall–Kier alpha value is -2.95. The molecule has 0 saturated carbocycles. The van der Waals surface area contributed by atoms with Crippen LogP contribution in [-0.4, -0.2) is 20.4 Å². The van der Waals surface area contributed by atoms with Gasteiger partial charge in [0.1, 0.15) is 5.82 Å². The minimum absolute atomic E-state index is 0.00943. The van der Waals surface area contributed by atoms with E-state index in [4.69, 9.17) is 0 Å². The first-order valence-corrected chi connectivity index (χ1v) is 8.93. The molecule has 0 fully saturated rings. The largest absolute Gasteiger partial charge is 0.345 e. The number of carbonyl (C=O) groups excluding carboxylic acids is 1. The van der Waals surface area contributed by atoms with Gasteiger partial charge in [-0.1, -0.05) is 42.8 Å². The van der Waals surface area contributed by atoms with Gasteiger partial charge in [0.15, 0.2) is 0 Å². The lowest BCUT2D eigenvalue weighted by Crippen LogP contribution is -2.30. The summed E-state index contributed by atoms with van der Waals surface area (Å²) in [5.41, 5.74) is 3.22. The molecule has 0 aliphatic heterocycles. The maximum absolute atomic E-state index is 12.6. The van der Waals surface area contributed by atoms with Crippen molar-refractivity contribution >= 4 is 5.91 Å². The van der Waals surface area contributed by atoms with Gasteiger partial charge in [-0.2, -0.15) is 0 Å². The van der Waals surface area contributed by atoms with E-state index in [1.807, 2.05) is 22.9 Å². The third kappa shape index (κ3) is 4.36. The zero-order valence-electron chi connectivity index (χ0n) is 15.2. The van der Waals surface area contributed by atoms with Gasteiger partial charge in [-0.3, -0.25) is 9.78 Å². The van der Waals surface area contributed by atoms with Crippen LogP contribution in [0, 0.1) is 6.92 Å². The highest BCUT2D eigenvalue weighted by Crippen LogP contribution is 2.22. The molecule has 26 heavy (non-hydrogen) atoms. The number of pyridine rings is 1. The molecule has 5 heteroatoms. The number of rotatable bonds is 7. The van der Waals surface area contributed by atoms with Gasteiger partial charge in [0, 0.05) is 44.2 Å². The Kier molecular flexibility index (Phi) is 5.79. The highest BCUT2D eigenvalue weighted by Gasteiger charge is 2.17. The quantitative estimate of drug-likeness (QED) is 0.711. The number of aromatic nitrogens is 3. The highest BCUT2D eigenvalue weighted by atomic mass is 16.1. The summed E-state index contributed by atoms with van der Waals surface area (Å²) >= 11 is 0. The molecule has 0 saturated heterocycles. The number of nitrogens with zero attached hydrogens (tertiary/aromatic N) is 3. The van der Waals surface area contributed by atoms with E-state index in [1.165, 1.54) is 5.56 Å². The van der Waals surface area contributed by atoms with Gasteiger partial charge in [-0.25, -0.2) is 4.98 Å². The van der Waals surface area contributed by atoms with Gasteiger partial charge in [0.25, 0.3) is 0 Å². The molecule has 1 aromatic carbocycles. The fourth-order valence-corrected chi connectivity index (χ4v) is 2.98. The van der Waals surface area contributed by atoms with E-state index < -0.39 is 0 Å². The SMILES string of the molecule is CCc1nccn1CCC(=O)N[C@@H](c1ccc(C)cc1)c1cccnc1. The minimum Gasteiger partial charge on any atom is -0.345 e. The molecule has 134 valence electrons. The molecule has 2 heterocycles. The second kappa shape index (κ2) is 8.43. The smallest absolute Gasteiger partial charge is 0.222 e. The van der Waals surface area contributed by atoms with Gasteiger partial charge < -0.3 is 9.88 Å². The van der Waals surface area contributed by atoms with Crippen LogP contribution in [-0.2, 0) is 17.8 Å². The van der Waals surface area contributed by atoms with Crippen LogP contribution in [0.15, 0.2) is 61.2 Å². The molecule has 1 amide bonds. The predicted molar refractivity (Wildman–Crippen MR) is 102 cm³/mol. The Balaban J connectivity index is 1.73. The lowest BCUT2D eigenvalue weighted by Gasteiger charge is -2.20. The maximum Gasteiger partial charge on any atom is 0.222 e. The van der Waals surface area contributed by atoms with Crippen LogP contribution in [0.25, 0.3) is 0 Å². The summed E-state index contributed by atoms with van der Waals surface area (Å²) < 4.78 is 2.03. The summed E-state index contributed by atoms with van der Waals surface area (Å²) in [6.07, 6.45) is 8.51. The number of nitrogens with one attached hydrogen (secondary N) is 1. The van der Waals surface area contributed by atoms with Crippen LogP contribution in [0.5, 0.6) is 0 Å². The number of amides is 1. The third-order valence-electron chi connectivity index (χ3n) is 4.43. The van der Waals surface area contributed by atoms with Crippen LogP contribution in [0.3, 0.4) is 0 Å². The number of imidazole rings is 1. The Bertz CT molecular complexity index is 840. The second-order valence-corrected chi connectivity index (χ2v) is 6.34. The van der Waals surface area contributed by atoms with Crippen LogP contribution >= 0.6 is 0 Å². The van der Waals surface area contributed by atoms with Gasteiger partial charge in [0.05, 0.1) is 6.04 Å². The summed E-state index contributed by atoms with van der Waals surface area (Å²) in [4.78, 5) is 21.1. The Morgan fingerprint density at radius 3 is 2.65 bits per heavy atom. The van der Waals surface area contributed by atoms with Gasteiger partial charge in [0.2, 0.25) is 5.91 Å². The topological polar surface area (TPSA) is 59.8 Å². The number of hydrogen-bond donors (Lipinski definition) is 1. The third-order valence-corrected chi connectivity index (χ3v) is 4.43. The first-order valence-electron chi connectivity index (χ1n) is 8.93. The van der Waals surface area contributed by atoms with E-state index >= 15 is 0 Å². The van der Waals surface area contributed by atoms with E-state index in [0.717, 1.165) is 23.4 Å². The Morgan fingerprint density at radius 2 is 1.96 bits per heavy atom. The summed E-state index contributed by atoms with van der Waals surface area (Å²) in [7, 11) is 0. The summed E-state index contributed by atoms with van der Waals surface area (Å²) in [5, 5.41) is 3.16. The molecule has 0 aliphatic carbocycles. The number of benzene rings is 1. The fourth-order valence-electron chi connectivity index (χ4n) is 2.98. The van der Waals surface area contributed by atoms with E-state index in [1.54, 1.807) is 18.6 Å². The average Bonchev–Trinajstić information content (AvgIpc) is 3.13. The van der Waals surface area contributed by atoms with Crippen molar-refractivity contribution in [2.24, 2.45) is 0 Å². The molecule has 0 unspecified atom stereocenters. The zero-order valence-corrected chi connectivity index (χ0v) is 15.2. The summed E-state index contributed by atoms with van der Waals surface area (Å²) in [6.45, 7) is 4.75. The van der Waals surface area contributed by atoms with Crippen molar-refractivity contribution in [1.82, 2.24) is 19.9 Å². The van der Waals surface area contributed by atoms with Crippen LogP contribution in [0.1, 0.15) is 41.9 Å². The molecule has 1 N–H and O–H groups in total. The van der Waals surface area contributed by atoms with E-state index in [2.05, 4.69) is 53.4 Å². The van der Waals surface area contributed by atoms with Crippen molar-refractivity contribution in [2.75, 3.05) is 0 Å². The zero-order chi connectivity index (χ0) is 18.4. The number of aryl methyl sites for hydroxylation is 3. The second-order valence-electron chi connectivity index (χ2n) is 6.34. The standard InChI is InChI=1S/C21H24N4O/c1-3-19-23-12-14-25(19)13-10-20(26)24-21(18-5-4-11-22-15-18)17-8-6-16(2)7-9-17/h4-9,11-12,14-15,21H,3,10,13H2,1-2H3,(H,24,26)/t21-/m0/s1. The molecule has 0 radical (unpaired) electrons. The first kappa shape index (κ1) is 17.9. The molecule has 3 aromatic rings. The van der Waals surface area contributed by atoms with Crippen molar-refractivity contribution < 1.29 is 4.79 Å². The normalized spacial score (nSPS) is 11.9. The molecule has 0 spiro atoms. The highest BCUT2D eigenvalue weighted by molar-refractivity contribution is 5.77. The summed E-state index contributed by atoms with van der Waals surface area (Å²) in [5.74, 6) is 1.01. The van der Waals surface area contributed by atoms with Gasteiger partial charge in [-0.05, 0) is 24.1 Å². The lowest BCUT2D eigenvalue weighted by atomic mass is 9.99.